The van der Waals surface area contributed by atoms with Crippen molar-refractivity contribution in [2.24, 2.45) is 0 Å². The van der Waals surface area contributed by atoms with Crippen molar-refractivity contribution >= 4 is 10.0 Å². The third-order valence-electron chi connectivity index (χ3n) is 4.15. The Hall–Kier alpha value is -1.96. The van der Waals surface area contributed by atoms with Gasteiger partial charge in [0.25, 0.3) is 0 Å². The normalized spacial score (nSPS) is 11.7. The van der Waals surface area contributed by atoms with Gasteiger partial charge in [0.05, 0.1) is 18.6 Å². The average molecular weight is 364 g/mol. The van der Waals surface area contributed by atoms with E-state index >= 15 is 0 Å². The Morgan fingerprint density at radius 1 is 1.12 bits per heavy atom. The fourth-order valence-corrected chi connectivity index (χ4v) is 4.28. The molecule has 7 heteroatoms. The van der Waals surface area contributed by atoms with Gasteiger partial charge in [-0.25, -0.2) is 8.42 Å². The number of hydrogen-bond acceptors (Lipinski definition) is 5. The maximum Gasteiger partial charge on any atom is 0.243 e. The van der Waals surface area contributed by atoms with Gasteiger partial charge < -0.3 is 9.47 Å². The van der Waals surface area contributed by atoms with Gasteiger partial charge in [-0.2, -0.15) is 4.31 Å². The molecule has 1 aromatic carbocycles. The van der Waals surface area contributed by atoms with Crippen molar-refractivity contribution in [3.8, 4) is 5.75 Å². The fourth-order valence-electron chi connectivity index (χ4n) is 2.58. The second-order valence-electron chi connectivity index (χ2n) is 5.71. The van der Waals surface area contributed by atoms with E-state index in [-0.39, 0.29) is 18.0 Å². The number of rotatable bonds is 8. The van der Waals surface area contributed by atoms with Gasteiger partial charge in [0.2, 0.25) is 10.0 Å². The molecule has 0 unspecified atom stereocenters. The molecule has 0 aliphatic carbocycles. The Bertz CT molecular complexity index is 807. The van der Waals surface area contributed by atoms with Gasteiger partial charge in [-0.1, -0.05) is 6.07 Å². The molecule has 0 spiro atoms. The maximum absolute atomic E-state index is 13.2. The molecule has 1 aromatic heterocycles. The van der Waals surface area contributed by atoms with Crippen LogP contribution in [0.15, 0.2) is 41.6 Å². The van der Waals surface area contributed by atoms with Crippen LogP contribution in [0, 0.1) is 13.8 Å². The van der Waals surface area contributed by atoms with Crippen LogP contribution in [0.2, 0.25) is 0 Å². The number of hydrogen-bond donors (Lipinski definition) is 0. The number of methoxy groups -OCH3 is 2. The Kier molecular flexibility index (Phi) is 6.52. The predicted octanol–water partition coefficient (Wildman–Crippen LogP) is 2.54. The van der Waals surface area contributed by atoms with Crippen LogP contribution >= 0.6 is 0 Å². The van der Waals surface area contributed by atoms with E-state index in [0.717, 1.165) is 11.1 Å². The number of benzene rings is 1. The zero-order valence-corrected chi connectivity index (χ0v) is 15.8. The molecule has 0 atom stereocenters. The monoisotopic (exact) mass is 364 g/mol. The van der Waals surface area contributed by atoms with Crippen LogP contribution in [0.4, 0.5) is 0 Å². The van der Waals surface area contributed by atoms with Gasteiger partial charge in [0.15, 0.2) is 0 Å². The SMILES string of the molecule is COCCN(Cc1cccnc1)S(=O)(=O)c1ccc(OC)c(C)c1C. The van der Waals surface area contributed by atoms with E-state index in [4.69, 9.17) is 9.47 Å². The zero-order chi connectivity index (χ0) is 18.4. The van der Waals surface area contributed by atoms with Crippen molar-refractivity contribution in [2.45, 2.75) is 25.3 Å². The highest BCUT2D eigenvalue weighted by Gasteiger charge is 2.27. The van der Waals surface area contributed by atoms with E-state index in [2.05, 4.69) is 4.98 Å². The van der Waals surface area contributed by atoms with Gasteiger partial charge in [-0.15, -0.1) is 0 Å². The van der Waals surface area contributed by atoms with E-state index < -0.39 is 10.0 Å². The molecule has 0 N–H and O–H groups in total. The highest BCUT2D eigenvalue weighted by Crippen LogP contribution is 2.29. The molecule has 0 radical (unpaired) electrons. The summed E-state index contributed by atoms with van der Waals surface area (Å²) < 4.78 is 38.2. The second-order valence-corrected chi connectivity index (χ2v) is 7.61. The van der Waals surface area contributed by atoms with E-state index in [0.29, 0.717) is 17.9 Å². The number of pyridine rings is 1. The summed E-state index contributed by atoms with van der Waals surface area (Å²) in [4.78, 5) is 4.34. The smallest absolute Gasteiger partial charge is 0.243 e. The maximum atomic E-state index is 13.2. The van der Waals surface area contributed by atoms with E-state index in [1.165, 1.54) is 4.31 Å². The minimum Gasteiger partial charge on any atom is -0.496 e. The van der Waals surface area contributed by atoms with Crippen molar-refractivity contribution in [1.29, 1.82) is 0 Å². The highest BCUT2D eigenvalue weighted by atomic mass is 32.2. The summed E-state index contributed by atoms with van der Waals surface area (Å²) in [7, 11) is -0.554. The molecule has 0 amide bonds. The molecule has 0 saturated carbocycles. The molecule has 2 rings (SSSR count). The Morgan fingerprint density at radius 3 is 2.48 bits per heavy atom. The molecule has 2 aromatic rings. The zero-order valence-electron chi connectivity index (χ0n) is 15.0. The number of aromatic nitrogens is 1. The first-order valence-corrected chi connectivity index (χ1v) is 9.38. The minimum atomic E-state index is -3.68. The number of sulfonamides is 1. The van der Waals surface area contributed by atoms with Crippen LogP contribution in [-0.2, 0) is 21.3 Å². The first-order valence-electron chi connectivity index (χ1n) is 7.94. The van der Waals surface area contributed by atoms with Crippen molar-refractivity contribution in [2.75, 3.05) is 27.4 Å². The van der Waals surface area contributed by atoms with Crippen LogP contribution in [0.3, 0.4) is 0 Å². The van der Waals surface area contributed by atoms with Crippen LogP contribution in [-0.4, -0.2) is 45.1 Å². The van der Waals surface area contributed by atoms with Gasteiger partial charge in [0.1, 0.15) is 5.75 Å². The fraction of sp³-hybridized carbons (Fsp3) is 0.389. The van der Waals surface area contributed by atoms with Crippen LogP contribution < -0.4 is 4.74 Å². The summed E-state index contributed by atoms with van der Waals surface area (Å²) in [6, 6.07) is 6.93. The van der Waals surface area contributed by atoms with E-state index in [9.17, 15) is 8.42 Å². The van der Waals surface area contributed by atoms with Gasteiger partial charge in [-0.05, 0) is 48.7 Å². The van der Waals surface area contributed by atoms with Gasteiger partial charge >= 0.3 is 0 Å². The first kappa shape index (κ1) is 19.4. The van der Waals surface area contributed by atoms with Gasteiger partial charge in [0, 0.05) is 32.6 Å². The second kappa shape index (κ2) is 8.42. The van der Waals surface area contributed by atoms with Crippen molar-refractivity contribution in [3.05, 3.63) is 53.3 Å². The average Bonchev–Trinajstić information content (AvgIpc) is 2.61. The molecule has 1 heterocycles. The van der Waals surface area contributed by atoms with Crippen LogP contribution in [0.25, 0.3) is 0 Å². The molecular formula is C18H24N2O4S. The lowest BCUT2D eigenvalue weighted by molar-refractivity contribution is 0.177. The lowest BCUT2D eigenvalue weighted by Gasteiger charge is -2.23. The molecule has 0 bridgehead atoms. The molecule has 0 saturated heterocycles. The predicted molar refractivity (Wildman–Crippen MR) is 96.2 cm³/mol. The quantitative estimate of drug-likeness (QED) is 0.720. The van der Waals surface area contributed by atoms with Crippen molar-refractivity contribution in [3.63, 3.8) is 0 Å². The lowest BCUT2D eigenvalue weighted by atomic mass is 10.1. The minimum absolute atomic E-state index is 0.240. The molecule has 136 valence electrons. The Balaban J connectivity index is 2.42. The highest BCUT2D eigenvalue weighted by molar-refractivity contribution is 7.89. The summed E-state index contributed by atoms with van der Waals surface area (Å²) >= 11 is 0. The Morgan fingerprint density at radius 2 is 1.88 bits per heavy atom. The summed E-state index contributed by atoms with van der Waals surface area (Å²) in [6.45, 7) is 4.47. The molecule has 25 heavy (non-hydrogen) atoms. The standard InChI is InChI=1S/C18H24N2O4S/c1-14-15(2)18(8-7-17(14)24-4)25(21,22)20(10-11-23-3)13-16-6-5-9-19-12-16/h5-9,12H,10-11,13H2,1-4H3. The molecule has 0 fully saturated rings. The summed E-state index contributed by atoms with van der Waals surface area (Å²) in [5.74, 6) is 0.673. The molecular weight excluding hydrogens is 340 g/mol. The summed E-state index contributed by atoms with van der Waals surface area (Å²) in [6.07, 6.45) is 3.33. The number of ether oxygens (including phenoxy) is 2. The largest absolute Gasteiger partial charge is 0.496 e. The molecule has 0 aliphatic heterocycles. The van der Waals surface area contributed by atoms with Crippen LogP contribution in [0.5, 0.6) is 5.75 Å². The van der Waals surface area contributed by atoms with Crippen LogP contribution in [0.1, 0.15) is 16.7 Å². The lowest BCUT2D eigenvalue weighted by Crippen LogP contribution is -2.34. The first-order chi connectivity index (χ1) is 11.9. The van der Waals surface area contributed by atoms with E-state index in [1.807, 2.05) is 13.0 Å². The molecule has 6 nitrogen and oxygen atoms in total. The Labute approximate surface area is 149 Å². The number of nitrogens with zero attached hydrogens (tertiary/aromatic N) is 2. The molecule has 0 aliphatic rings. The van der Waals surface area contributed by atoms with Crippen molar-refractivity contribution < 1.29 is 17.9 Å². The summed E-state index contributed by atoms with van der Waals surface area (Å²) in [5, 5.41) is 0. The van der Waals surface area contributed by atoms with Gasteiger partial charge in [-0.3, -0.25) is 4.98 Å². The topological polar surface area (TPSA) is 68.7 Å². The third kappa shape index (κ3) is 4.36. The summed E-state index contributed by atoms with van der Waals surface area (Å²) in [5.41, 5.74) is 2.33. The van der Waals surface area contributed by atoms with Crippen molar-refractivity contribution in [1.82, 2.24) is 9.29 Å². The van der Waals surface area contributed by atoms with E-state index in [1.54, 1.807) is 51.7 Å². The third-order valence-corrected chi connectivity index (χ3v) is 6.14.